The molecule has 0 aromatic heterocycles. The van der Waals surface area contributed by atoms with Gasteiger partial charge in [0.05, 0.1) is 4.90 Å². The van der Waals surface area contributed by atoms with E-state index in [9.17, 15) is 12.8 Å². The summed E-state index contributed by atoms with van der Waals surface area (Å²) in [5.41, 5.74) is -0.228. The van der Waals surface area contributed by atoms with Crippen LogP contribution in [0.3, 0.4) is 0 Å². The predicted octanol–water partition coefficient (Wildman–Crippen LogP) is 4.46. The maximum absolute atomic E-state index is 14.7. The highest BCUT2D eigenvalue weighted by Gasteiger charge is 2.45. The van der Waals surface area contributed by atoms with Crippen molar-refractivity contribution in [3.05, 3.63) is 29.8 Å². The minimum absolute atomic E-state index is 0.208. The maximum atomic E-state index is 14.7. The fourth-order valence-electron chi connectivity index (χ4n) is 4.21. The molecule has 1 aromatic rings. The predicted molar refractivity (Wildman–Crippen MR) is 94.2 cm³/mol. The highest BCUT2D eigenvalue weighted by Crippen LogP contribution is 2.40. The van der Waals surface area contributed by atoms with Crippen LogP contribution in [0.15, 0.2) is 29.2 Å². The molecule has 2 fully saturated rings. The molecule has 0 N–H and O–H groups in total. The third kappa shape index (κ3) is 3.67. The first-order valence-electron chi connectivity index (χ1n) is 9.07. The van der Waals surface area contributed by atoms with E-state index in [4.69, 9.17) is 0 Å². The summed E-state index contributed by atoms with van der Waals surface area (Å²) in [6.07, 6.45) is 6.09. The quantitative estimate of drug-likeness (QED) is 0.805. The summed E-state index contributed by atoms with van der Waals surface area (Å²) in [7, 11) is -3.56. The van der Waals surface area contributed by atoms with Crippen LogP contribution in [0.4, 0.5) is 4.39 Å². The van der Waals surface area contributed by atoms with Gasteiger partial charge in [0.2, 0.25) is 10.0 Å². The van der Waals surface area contributed by atoms with Crippen molar-refractivity contribution in [3.8, 4) is 0 Å². The van der Waals surface area contributed by atoms with E-state index in [1.165, 1.54) is 6.42 Å². The van der Waals surface area contributed by atoms with Crippen LogP contribution in [-0.2, 0) is 10.0 Å². The van der Waals surface area contributed by atoms with Crippen molar-refractivity contribution < 1.29 is 12.8 Å². The Morgan fingerprint density at radius 2 is 1.75 bits per heavy atom. The van der Waals surface area contributed by atoms with Gasteiger partial charge in [0, 0.05) is 12.6 Å². The summed E-state index contributed by atoms with van der Waals surface area (Å²) in [6, 6.07) is 6.79. The average molecular weight is 354 g/mol. The van der Waals surface area contributed by atoms with Gasteiger partial charge in [0.1, 0.15) is 5.67 Å². The number of piperidine rings is 1. The number of hydrogen-bond acceptors (Lipinski definition) is 2. The highest BCUT2D eigenvalue weighted by atomic mass is 32.2. The van der Waals surface area contributed by atoms with Crippen molar-refractivity contribution >= 4 is 10.0 Å². The molecule has 24 heavy (non-hydrogen) atoms. The van der Waals surface area contributed by atoms with Gasteiger partial charge in [-0.25, -0.2) is 12.8 Å². The van der Waals surface area contributed by atoms with Gasteiger partial charge in [0.25, 0.3) is 0 Å². The van der Waals surface area contributed by atoms with Gasteiger partial charge in [-0.2, -0.15) is 4.31 Å². The second-order valence-corrected chi connectivity index (χ2v) is 9.65. The van der Waals surface area contributed by atoms with Crippen LogP contribution in [0.1, 0.15) is 57.4 Å². The number of nitrogens with zero attached hydrogens (tertiary/aromatic N) is 1. The summed E-state index contributed by atoms with van der Waals surface area (Å²) in [6.45, 7) is 3.85. The van der Waals surface area contributed by atoms with Crippen LogP contribution in [0.25, 0.3) is 0 Å². The van der Waals surface area contributed by atoms with Crippen molar-refractivity contribution in [1.82, 2.24) is 4.31 Å². The Kier molecular flexibility index (Phi) is 5.03. The Morgan fingerprint density at radius 3 is 2.38 bits per heavy atom. The minimum Gasteiger partial charge on any atom is -0.244 e. The van der Waals surface area contributed by atoms with Crippen molar-refractivity contribution in [2.75, 3.05) is 6.54 Å². The van der Waals surface area contributed by atoms with Crippen LogP contribution in [0, 0.1) is 12.8 Å². The molecular formula is C19H28FNO2S. The molecule has 0 amide bonds. The summed E-state index contributed by atoms with van der Waals surface area (Å²) in [4.78, 5) is 0.330. The number of halogens is 1. The van der Waals surface area contributed by atoms with E-state index in [0.29, 0.717) is 11.3 Å². The molecule has 1 saturated heterocycles. The maximum Gasteiger partial charge on any atom is 0.243 e. The zero-order valence-corrected chi connectivity index (χ0v) is 15.5. The van der Waals surface area contributed by atoms with Crippen LogP contribution in [-0.4, -0.2) is 31.0 Å². The van der Waals surface area contributed by atoms with Crippen molar-refractivity contribution in [2.24, 2.45) is 5.92 Å². The summed E-state index contributed by atoms with van der Waals surface area (Å²) in [5.74, 6) is 0.286. The second-order valence-electron chi connectivity index (χ2n) is 7.76. The number of benzene rings is 1. The molecule has 0 bridgehead atoms. The molecule has 1 aliphatic heterocycles. The lowest BCUT2D eigenvalue weighted by Crippen LogP contribution is -2.53. The van der Waals surface area contributed by atoms with E-state index in [-0.39, 0.29) is 24.9 Å². The minimum atomic E-state index is -3.56. The number of aryl methyl sites for hydroxylation is 1. The number of hydrogen-bond donors (Lipinski definition) is 0. The molecule has 1 saturated carbocycles. The highest BCUT2D eigenvalue weighted by molar-refractivity contribution is 7.89. The van der Waals surface area contributed by atoms with Gasteiger partial charge in [-0.3, -0.25) is 0 Å². The smallest absolute Gasteiger partial charge is 0.243 e. The first kappa shape index (κ1) is 17.9. The van der Waals surface area contributed by atoms with E-state index < -0.39 is 15.7 Å². The van der Waals surface area contributed by atoms with Gasteiger partial charge < -0.3 is 0 Å². The zero-order valence-electron chi connectivity index (χ0n) is 14.7. The molecule has 1 aliphatic carbocycles. The molecular weight excluding hydrogens is 325 g/mol. The Bertz CT molecular complexity index is 663. The fourth-order valence-corrected chi connectivity index (χ4v) is 5.90. The molecule has 1 aromatic carbocycles. The van der Waals surface area contributed by atoms with E-state index in [1.54, 1.807) is 23.4 Å². The van der Waals surface area contributed by atoms with Crippen LogP contribution in [0.2, 0.25) is 0 Å². The van der Waals surface area contributed by atoms with Crippen LogP contribution in [0.5, 0.6) is 0 Å². The second kappa shape index (κ2) is 6.75. The van der Waals surface area contributed by atoms with Crippen molar-refractivity contribution in [1.29, 1.82) is 0 Å². The molecule has 3 rings (SSSR count). The average Bonchev–Trinajstić information content (AvgIpc) is 2.55. The monoisotopic (exact) mass is 353 g/mol. The molecule has 1 heterocycles. The lowest BCUT2D eigenvalue weighted by atomic mass is 9.77. The first-order chi connectivity index (χ1) is 11.3. The lowest BCUT2D eigenvalue weighted by molar-refractivity contribution is 0.0393. The van der Waals surface area contributed by atoms with E-state index in [2.05, 4.69) is 0 Å². The third-order valence-corrected chi connectivity index (χ3v) is 7.62. The van der Waals surface area contributed by atoms with E-state index in [0.717, 1.165) is 31.2 Å². The molecule has 2 aliphatic rings. The Morgan fingerprint density at radius 1 is 1.12 bits per heavy atom. The molecule has 2 atom stereocenters. The summed E-state index contributed by atoms with van der Waals surface area (Å²) in [5, 5.41) is 0. The summed E-state index contributed by atoms with van der Waals surface area (Å²) < 4.78 is 42.6. The van der Waals surface area contributed by atoms with Gasteiger partial charge in [0.15, 0.2) is 0 Å². The summed E-state index contributed by atoms with van der Waals surface area (Å²) >= 11 is 0. The van der Waals surface area contributed by atoms with Crippen LogP contribution >= 0.6 is 0 Å². The lowest BCUT2D eigenvalue weighted by Gasteiger charge is -2.45. The Labute approximate surface area is 145 Å². The molecule has 0 unspecified atom stereocenters. The van der Waals surface area contributed by atoms with Crippen molar-refractivity contribution in [3.63, 3.8) is 0 Å². The third-order valence-electron chi connectivity index (χ3n) is 5.68. The normalized spacial score (nSPS) is 30.4. The molecule has 5 heteroatoms. The van der Waals surface area contributed by atoms with E-state index >= 15 is 0 Å². The van der Waals surface area contributed by atoms with Crippen LogP contribution < -0.4 is 0 Å². The molecule has 3 nitrogen and oxygen atoms in total. The number of alkyl halides is 1. The number of rotatable bonds is 3. The fraction of sp³-hybridized carbons (Fsp3) is 0.684. The van der Waals surface area contributed by atoms with Gasteiger partial charge in [-0.15, -0.1) is 0 Å². The molecule has 0 spiro atoms. The van der Waals surface area contributed by atoms with Gasteiger partial charge >= 0.3 is 0 Å². The van der Waals surface area contributed by atoms with Gasteiger partial charge in [-0.05, 0) is 57.6 Å². The standard InChI is InChI=1S/C19H28FNO2S/c1-15-8-10-17(11-9-15)24(22,23)21-13-12-19(2,20)14-18(21)16-6-4-3-5-7-16/h8-11,16,18H,3-7,12-14H2,1-2H3/t18-,19+/m0/s1. The Hall–Kier alpha value is -0.940. The molecule has 134 valence electrons. The van der Waals surface area contributed by atoms with Gasteiger partial charge in [-0.1, -0.05) is 37.0 Å². The topological polar surface area (TPSA) is 37.4 Å². The van der Waals surface area contributed by atoms with Crippen molar-refractivity contribution in [2.45, 2.75) is 75.4 Å². The largest absolute Gasteiger partial charge is 0.244 e. The first-order valence-corrected chi connectivity index (χ1v) is 10.5. The number of sulfonamides is 1. The SMILES string of the molecule is Cc1ccc(S(=O)(=O)N2CC[C@@](C)(F)C[C@H]2C2CCCCC2)cc1. The van der Waals surface area contributed by atoms with E-state index in [1.807, 2.05) is 19.1 Å². The zero-order chi connectivity index (χ0) is 17.4. The Balaban J connectivity index is 1.91. The molecule has 0 radical (unpaired) electrons.